The number of halogens is 1. The van der Waals surface area contributed by atoms with Gasteiger partial charge in [0.05, 0.1) is 19.8 Å². The van der Waals surface area contributed by atoms with Crippen molar-refractivity contribution in [1.82, 2.24) is 0 Å². The van der Waals surface area contributed by atoms with E-state index in [1.54, 1.807) is 18.2 Å². The average Bonchev–Trinajstić information content (AvgIpc) is 2.29. The van der Waals surface area contributed by atoms with Crippen molar-refractivity contribution in [3.05, 3.63) is 29.6 Å². The molecule has 0 heterocycles. The fraction of sp³-hybridized carbons (Fsp3) is 0.538. The third-order valence-corrected chi connectivity index (χ3v) is 2.39. The van der Waals surface area contributed by atoms with Gasteiger partial charge in [0.25, 0.3) is 0 Å². The number of ether oxygens (including phenoxy) is 2. The smallest absolute Gasteiger partial charge is 0.168 e. The molecular formula is C13H20FNO2. The number of nitrogens with two attached hydrogens (primary N) is 1. The molecule has 3 nitrogen and oxygen atoms in total. The third kappa shape index (κ3) is 4.32. The summed E-state index contributed by atoms with van der Waals surface area (Å²) in [6.45, 7) is 4.31. The topological polar surface area (TPSA) is 44.5 Å². The zero-order chi connectivity index (χ0) is 12.8. The first-order valence-corrected chi connectivity index (χ1v) is 5.73. The third-order valence-electron chi connectivity index (χ3n) is 2.39. The van der Waals surface area contributed by atoms with Crippen LogP contribution in [0.5, 0.6) is 5.75 Å². The van der Waals surface area contributed by atoms with Crippen molar-refractivity contribution in [3.63, 3.8) is 0 Å². The van der Waals surface area contributed by atoms with E-state index in [4.69, 9.17) is 15.2 Å². The predicted molar refractivity (Wildman–Crippen MR) is 65.7 cm³/mol. The standard InChI is InChI=1S/C13H20FNO2/c1-9(2)17-8-11(15)7-10-5-4-6-12(16-3)13(10)14/h4-6,9,11H,7-8,15H2,1-3H3. The maximum Gasteiger partial charge on any atom is 0.168 e. The van der Waals surface area contributed by atoms with Crippen molar-refractivity contribution in [2.45, 2.75) is 32.4 Å². The van der Waals surface area contributed by atoms with Crippen molar-refractivity contribution in [3.8, 4) is 5.75 Å². The minimum absolute atomic E-state index is 0.135. The molecule has 0 aromatic heterocycles. The fourth-order valence-electron chi connectivity index (χ4n) is 1.53. The molecule has 0 aliphatic carbocycles. The zero-order valence-corrected chi connectivity index (χ0v) is 10.6. The lowest BCUT2D eigenvalue weighted by atomic mass is 10.1. The summed E-state index contributed by atoms with van der Waals surface area (Å²) < 4.78 is 24.1. The minimum atomic E-state index is -0.338. The van der Waals surface area contributed by atoms with Gasteiger partial charge in [0.2, 0.25) is 0 Å². The second-order valence-electron chi connectivity index (χ2n) is 4.28. The Morgan fingerprint density at radius 1 is 1.35 bits per heavy atom. The highest BCUT2D eigenvalue weighted by Crippen LogP contribution is 2.20. The van der Waals surface area contributed by atoms with Crippen LogP contribution in [0.15, 0.2) is 18.2 Å². The Morgan fingerprint density at radius 2 is 2.06 bits per heavy atom. The van der Waals surface area contributed by atoms with Crippen LogP contribution in [0.2, 0.25) is 0 Å². The summed E-state index contributed by atoms with van der Waals surface area (Å²) in [6, 6.07) is 4.86. The van der Waals surface area contributed by atoms with Gasteiger partial charge in [-0.15, -0.1) is 0 Å². The van der Waals surface area contributed by atoms with Crippen LogP contribution in [-0.4, -0.2) is 25.9 Å². The van der Waals surface area contributed by atoms with Crippen LogP contribution < -0.4 is 10.5 Å². The first kappa shape index (κ1) is 13.9. The van der Waals surface area contributed by atoms with Crippen LogP contribution in [0.4, 0.5) is 4.39 Å². The van der Waals surface area contributed by atoms with Gasteiger partial charge in [0.15, 0.2) is 11.6 Å². The van der Waals surface area contributed by atoms with Crippen molar-refractivity contribution >= 4 is 0 Å². The Balaban J connectivity index is 2.62. The van der Waals surface area contributed by atoms with E-state index in [0.29, 0.717) is 18.6 Å². The highest BCUT2D eigenvalue weighted by molar-refractivity contribution is 5.31. The van der Waals surface area contributed by atoms with Gasteiger partial charge in [0.1, 0.15) is 0 Å². The SMILES string of the molecule is COc1cccc(CC(N)COC(C)C)c1F. The molecule has 1 rings (SSSR count). The molecule has 0 radical (unpaired) electrons. The van der Waals surface area contributed by atoms with Crippen molar-refractivity contribution < 1.29 is 13.9 Å². The predicted octanol–water partition coefficient (Wildman–Crippen LogP) is 2.13. The van der Waals surface area contributed by atoms with Gasteiger partial charge >= 0.3 is 0 Å². The van der Waals surface area contributed by atoms with Crippen LogP contribution in [-0.2, 0) is 11.2 Å². The summed E-state index contributed by atoms with van der Waals surface area (Å²) in [5.74, 6) is -0.0884. The molecule has 0 saturated carbocycles. The molecule has 1 aromatic rings. The second-order valence-corrected chi connectivity index (χ2v) is 4.28. The summed E-state index contributed by atoms with van der Waals surface area (Å²) in [6.07, 6.45) is 0.576. The van der Waals surface area contributed by atoms with Gasteiger partial charge < -0.3 is 15.2 Å². The monoisotopic (exact) mass is 241 g/mol. The molecule has 0 saturated heterocycles. The highest BCUT2D eigenvalue weighted by atomic mass is 19.1. The molecule has 0 spiro atoms. The largest absolute Gasteiger partial charge is 0.494 e. The van der Waals surface area contributed by atoms with Crippen LogP contribution in [0, 0.1) is 5.82 Å². The quantitative estimate of drug-likeness (QED) is 0.829. The Bertz CT molecular complexity index is 355. The summed E-state index contributed by atoms with van der Waals surface area (Å²) >= 11 is 0. The first-order valence-electron chi connectivity index (χ1n) is 5.73. The molecule has 96 valence electrons. The lowest BCUT2D eigenvalue weighted by Gasteiger charge is -2.15. The van der Waals surface area contributed by atoms with E-state index in [-0.39, 0.29) is 23.7 Å². The summed E-state index contributed by atoms with van der Waals surface area (Å²) in [5.41, 5.74) is 6.44. The fourth-order valence-corrected chi connectivity index (χ4v) is 1.53. The van der Waals surface area contributed by atoms with Gasteiger partial charge in [-0.1, -0.05) is 12.1 Å². The lowest BCUT2D eigenvalue weighted by Crippen LogP contribution is -2.30. The molecule has 1 aromatic carbocycles. The Morgan fingerprint density at radius 3 is 2.65 bits per heavy atom. The van der Waals surface area contributed by atoms with Gasteiger partial charge in [-0.3, -0.25) is 0 Å². The number of hydrogen-bond acceptors (Lipinski definition) is 3. The van der Waals surface area contributed by atoms with Gasteiger partial charge in [-0.25, -0.2) is 4.39 Å². The van der Waals surface area contributed by atoms with E-state index < -0.39 is 0 Å². The van der Waals surface area contributed by atoms with Crippen molar-refractivity contribution in [1.29, 1.82) is 0 Å². The van der Waals surface area contributed by atoms with Gasteiger partial charge in [-0.05, 0) is 31.9 Å². The number of hydrogen-bond donors (Lipinski definition) is 1. The normalized spacial score (nSPS) is 12.8. The van der Waals surface area contributed by atoms with Crippen LogP contribution in [0.3, 0.4) is 0 Å². The molecular weight excluding hydrogens is 221 g/mol. The highest BCUT2D eigenvalue weighted by Gasteiger charge is 2.12. The van der Waals surface area contributed by atoms with Crippen LogP contribution in [0.1, 0.15) is 19.4 Å². The Hall–Kier alpha value is -1.13. The Kier molecular flexibility index (Phi) is 5.38. The van der Waals surface area contributed by atoms with Crippen molar-refractivity contribution in [2.75, 3.05) is 13.7 Å². The van der Waals surface area contributed by atoms with E-state index in [1.807, 2.05) is 13.8 Å². The molecule has 0 aliphatic heterocycles. The van der Waals surface area contributed by atoms with Crippen molar-refractivity contribution in [2.24, 2.45) is 5.73 Å². The second kappa shape index (κ2) is 6.57. The number of rotatable bonds is 6. The molecule has 4 heteroatoms. The first-order chi connectivity index (χ1) is 8.04. The zero-order valence-electron chi connectivity index (χ0n) is 10.6. The number of methoxy groups -OCH3 is 1. The van der Waals surface area contributed by atoms with Gasteiger partial charge in [0, 0.05) is 6.04 Å². The van der Waals surface area contributed by atoms with E-state index >= 15 is 0 Å². The van der Waals surface area contributed by atoms with E-state index in [0.717, 1.165) is 0 Å². The molecule has 0 amide bonds. The molecule has 17 heavy (non-hydrogen) atoms. The van der Waals surface area contributed by atoms with E-state index in [2.05, 4.69) is 0 Å². The molecule has 2 N–H and O–H groups in total. The summed E-state index contributed by atoms with van der Waals surface area (Å²) in [7, 11) is 1.45. The Labute approximate surface area is 102 Å². The van der Waals surface area contributed by atoms with E-state index in [1.165, 1.54) is 7.11 Å². The molecule has 0 bridgehead atoms. The molecule has 0 aliphatic rings. The minimum Gasteiger partial charge on any atom is -0.494 e. The molecule has 1 atom stereocenters. The van der Waals surface area contributed by atoms with Crippen LogP contribution >= 0.6 is 0 Å². The summed E-state index contributed by atoms with van der Waals surface area (Å²) in [5, 5.41) is 0. The lowest BCUT2D eigenvalue weighted by molar-refractivity contribution is 0.0682. The molecule has 0 fully saturated rings. The maximum atomic E-state index is 13.8. The average molecular weight is 241 g/mol. The van der Waals surface area contributed by atoms with E-state index in [9.17, 15) is 4.39 Å². The van der Waals surface area contributed by atoms with Crippen LogP contribution in [0.25, 0.3) is 0 Å². The number of benzene rings is 1. The summed E-state index contributed by atoms with van der Waals surface area (Å²) in [4.78, 5) is 0. The maximum absolute atomic E-state index is 13.8. The molecule has 1 unspecified atom stereocenters. The van der Waals surface area contributed by atoms with Gasteiger partial charge in [-0.2, -0.15) is 0 Å².